The second-order valence-electron chi connectivity index (χ2n) is 5.87. The summed E-state index contributed by atoms with van der Waals surface area (Å²) in [6.07, 6.45) is 2.56. The van der Waals surface area contributed by atoms with Gasteiger partial charge < -0.3 is 15.0 Å². The summed E-state index contributed by atoms with van der Waals surface area (Å²) in [5.41, 5.74) is 0.305. The number of ether oxygens (including phenoxy) is 1. The van der Waals surface area contributed by atoms with E-state index < -0.39 is 0 Å². The van der Waals surface area contributed by atoms with Crippen LogP contribution in [0, 0.1) is 11.3 Å². The molecular formula is C13H25N3O. The fourth-order valence-corrected chi connectivity index (χ4v) is 2.40. The summed E-state index contributed by atoms with van der Waals surface area (Å²) in [5.74, 6) is 1.92. The van der Waals surface area contributed by atoms with Crippen molar-refractivity contribution in [1.82, 2.24) is 10.2 Å². The van der Waals surface area contributed by atoms with Crippen LogP contribution in [0.25, 0.3) is 0 Å². The molecule has 17 heavy (non-hydrogen) atoms. The van der Waals surface area contributed by atoms with Crippen LogP contribution in [0.5, 0.6) is 0 Å². The quantitative estimate of drug-likeness (QED) is 0.583. The maximum Gasteiger partial charge on any atom is 0.193 e. The molecule has 0 atom stereocenters. The fraction of sp³-hybridized carbons (Fsp3) is 0.923. The Hall–Kier alpha value is -0.770. The second kappa shape index (κ2) is 5.25. The Kier molecular flexibility index (Phi) is 3.92. The number of hydrogen-bond donors (Lipinski definition) is 1. The van der Waals surface area contributed by atoms with E-state index in [1.807, 2.05) is 7.05 Å². The largest absolute Gasteiger partial charge is 0.380 e. The Morgan fingerprint density at radius 2 is 2.06 bits per heavy atom. The highest BCUT2D eigenvalue weighted by Gasteiger charge is 2.33. The van der Waals surface area contributed by atoms with Gasteiger partial charge in [-0.15, -0.1) is 0 Å². The molecule has 98 valence electrons. The van der Waals surface area contributed by atoms with Crippen molar-refractivity contribution in [3.63, 3.8) is 0 Å². The molecule has 0 aliphatic carbocycles. The van der Waals surface area contributed by atoms with Gasteiger partial charge >= 0.3 is 0 Å². The molecule has 2 rings (SSSR count). The lowest BCUT2D eigenvalue weighted by atomic mass is 9.89. The molecule has 0 amide bonds. The normalized spacial score (nSPS) is 25.6. The molecule has 0 bridgehead atoms. The Morgan fingerprint density at radius 3 is 2.53 bits per heavy atom. The number of nitrogens with zero attached hydrogens (tertiary/aromatic N) is 2. The zero-order chi connectivity index (χ0) is 12.3. The number of guanidine groups is 1. The molecule has 2 fully saturated rings. The van der Waals surface area contributed by atoms with Crippen molar-refractivity contribution in [2.45, 2.75) is 26.7 Å². The molecule has 4 heteroatoms. The first-order chi connectivity index (χ1) is 8.13. The number of rotatable bonds is 2. The van der Waals surface area contributed by atoms with Gasteiger partial charge in [0, 0.05) is 32.1 Å². The van der Waals surface area contributed by atoms with E-state index in [0.29, 0.717) is 5.41 Å². The summed E-state index contributed by atoms with van der Waals surface area (Å²) in [5, 5.41) is 3.49. The smallest absolute Gasteiger partial charge is 0.193 e. The minimum Gasteiger partial charge on any atom is -0.380 e. The number of nitrogens with one attached hydrogen (secondary N) is 1. The first kappa shape index (κ1) is 12.7. The minimum absolute atomic E-state index is 0.305. The molecule has 4 nitrogen and oxygen atoms in total. The van der Waals surface area contributed by atoms with Crippen LogP contribution in [0.15, 0.2) is 4.99 Å². The highest BCUT2D eigenvalue weighted by atomic mass is 16.5. The number of hydrogen-bond acceptors (Lipinski definition) is 2. The molecule has 2 aliphatic heterocycles. The summed E-state index contributed by atoms with van der Waals surface area (Å²) in [6, 6.07) is 0. The average Bonchev–Trinajstić information content (AvgIpc) is 2.30. The van der Waals surface area contributed by atoms with Gasteiger partial charge in [0.2, 0.25) is 0 Å². The van der Waals surface area contributed by atoms with Crippen molar-refractivity contribution < 1.29 is 4.74 Å². The van der Waals surface area contributed by atoms with Gasteiger partial charge in [0.25, 0.3) is 0 Å². The van der Waals surface area contributed by atoms with Crippen molar-refractivity contribution >= 4 is 5.96 Å². The summed E-state index contributed by atoms with van der Waals surface area (Å²) in [6.45, 7) is 9.56. The molecule has 0 aromatic rings. The monoisotopic (exact) mass is 239 g/mol. The third-order valence-electron chi connectivity index (χ3n) is 3.87. The summed E-state index contributed by atoms with van der Waals surface area (Å²) in [4.78, 5) is 6.77. The second-order valence-corrected chi connectivity index (χ2v) is 5.87. The van der Waals surface area contributed by atoms with Gasteiger partial charge in [0.15, 0.2) is 5.96 Å². The lowest BCUT2D eigenvalue weighted by Crippen LogP contribution is -2.53. The van der Waals surface area contributed by atoms with Crippen molar-refractivity contribution in [3.05, 3.63) is 0 Å². The highest BCUT2D eigenvalue weighted by Crippen LogP contribution is 2.25. The fourth-order valence-electron chi connectivity index (χ4n) is 2.40. The zero-order valence-electron chi connectivity index (χ0n) is 11.3. The Labute approximate surface area is 104 Å². The Balaban J connectivity index is 1.80. The third-order valence-corrected chi connectivity index (χ3v) is 3.87. The maximum absolute atomic E-state index is 5.27. The van der Waals surface area contributed by atoms with Crippen LogP contribution in [0.2, 0.25) is 0 Å². The Bertz CT molecular complexity index is 278. The predicted molar refractivity (Wildman–Crippen MR) is 70.3 cm³/mol. The van der Waals surface area contributed by atoms with E-state index >= 15 is 0 Å². The molecule has 0 radical (unpaired) electrons. The van der Waals surface area contributed by atoms with E-state index in [2.05, 4.69) is 29.1 Å². The lowest BCUT2D eigenvalue weighted by molar-refractivity contribution is -0.0973. The van der Waals surface area contributed by atoms with Crippen molar-refractivity contribution in [2.24, 2.45) is 16.3 Å². The molecule has 1 N–H and O–H groups in total. The number of piperidine rings is 1. The molecule has 0 spiro atoms. The molecule has 0 unspecified atom stereocenters. The van der Waals surface area contributed by atoms with Gasteiger partial charge in [0.1, 0.15) is 0 Å². The Morgan fingerprint density at radius 1 is 1.41 bits per heavy atom. The van der Waals surface area contributed by atoms with Crippen molar-refractivity contribution in [2.75, 3.05) is 39.9 Å². The molecule has 2 saturated heterocycles. The maximum atomic E-state index is 5.27. The molecular weight excluding hydrogens is 214 g/mol. The zero-order valence-corrected chi connectivity index (χ0v) is 11.3. The van der Waals surface area contributed by atoms with Crippen molar-refractivity contribution in [1.29, 1.82) is 0 Å². The van der Waals surface area contributed by atoms with E-state index in [9.17, 15) is 0 Å². The van der Waals surface area contributed by atoms with E-state index in [1.165, 1.54) is 12.8 Å². The molecule has 2 aliphatic rings. The predicted octanol–water partition coefficient (Wildman–Crippen LogP) is 1.33. The molecule has 2 heterocycles. The van der Waals surface area contributed by atoms with Crippen molar-refractivity contribution in [3.8, 4) is 0 Å². The summed E-state index contributed by atoms with van der Waals surface area (Å²) in [7, 11) is 1.87. The first-order valence-corrected chi connectivity index (χ1v) is 6.66. The van der Waals surface area contributed by atoms with Gasteiger partial charge in [0.05, 0.1) is 13.2 Å². The minimum atomic E-state index is 0.305. The van der Waals surface area contributed by atoms with E-state index in [-0.39, 0.29) is 0 Å². The van der Waals surface area contributed by atoms with E-state index in [4.69, 9.17) is 4.74 Å². The van der Waals surface area contributed by atoms with Crippen LogP contribution in [0.1, 0.15) is 26.7 Å². The summed E-state index contributed by atoms with van der Waals surface area (Å²) >= 11 is 0. The van der Waals surface area contributed by atoms with Crippen LogP contribution < -0.4 is 5.32 Å². The number of likely N-dealkylation sites (tertiary alicyclic amines) is 1. The van der Waals surface area contributed by atoms with Gasteiger partial charge in [-0.05, 0) is 18.8 Å². The van der Waals surface area contributed by atoms with E-state index in [0.717, 1.165) is 44.7 Å². The topological polar surface area (TPSA) is 36.9 Å². The first-order valence-electron chi connectivity index (χ1n) is 6.66. The van der Waals surface area contributed by atoms with E-state index in [1.54, 1.807) is 0 Å². The van der Waals surface area contributed by atoms with Crippen LogP contribution in [-0.4, -0.2) is 50.8 Å². The standard InChI is InChI=1S/C13H25N3O/c1-11-4-6-16(7-5-11)12(14-3)15-8-13(2)9-17-10-13/h11H,4-10H2,1-3H3,(H,14,15). The molecule has 0 aromatic carbocycles. The lowest BCUT2D eigenvalue weighted by Gasteiger charge is -2.40. The third kappa shape index (κ3) is 3.12. The van der Waals surface area contributed by atoms with Crippen LogP contribution in [0.3, 0.4) is 0 Å². The van der Waals surface area contributed by atoms with Gasteiger partial charge in [-0.1, -0.05) is 13.8 Å². The van der Waals surface area contributed by atoms with Crippen LogP contribution in [-0.2, 0) is 4.74 Å². The molecule has 0 saturated carbocycles. The van der Waals surface area contributed by atoms with Gasteiger partial charge in [-0.25, -0.2) is 0 Å². The average molecular weight is 239 g/mol. The van der Waals surface area contributed by atoms with Crippen LogP contribution in [0.4, 0.5) is 0 Å². The SMILES string of the molecule is CN=C(NCC1(C)COC1)N1CCC(C)CC1. The van der Waals surface area contributed by atoms with Gasteiger partial charge in [-0.3, -0.25) is 4.99 Å². The molecule has 0 aromatic heterocycles. The van der Waals surface area contributed by atoms with Gasteiger partial charge in [-0.2, -0.15) is 0 Å². The highest BCUT2D eigenvalue weighted by molar-refractivity contribution is 5.80. The van der Waals surface area contributed by atoms with Crippen LogP contribution >= 0.6 is 0 Å². The number of aliphatic imine (C=N–C) groups is 1. The summed E-state index contributed by atoms with van der Waals surface area (Å²) < 4.78 is 5.27.